The van der Waals surface area contributed by atoms with Gasteiger partial charge < -0.3 is 4.74 Å². The predicted octanol–water partition coefficient (Wildman–Crippen LogP) is 1.44. The highest BCUT2D eigenvalue weighted by Crippen LogP contribution is 2.13. The van der Waals surface area contributed by atoms with Crippen LogP contribution in [-0.4, -0.2) is 41.4 Å². The molecule has 0 spiro atoms. The zero-order chi connectivity index (χ0) is 17.2. The van der Waals surface area contributed by atoms with E-state index < -0.39 is 10.0 Å². The van der Waals surface area contributed by atoms with Crippen molar-refractivity contribution in [2.24, 2.45) is 0 Å². The van der Waals surface area contributed by atoms with Crippen molar-refractivity contribution < 1.29 is 13.2 Å². The van der Waals surface area contributed by atoms with Crippen LogP contribution in [-0.2, 0) is 10.0 Å². The largest absolute Gasteiger partial charge is 0.475 e. The molecule has 0 radical (unpaired) electrons. The van der Waals surface area contributed by atoms with Crippen LogP contribution in [0.5, 0.6) is 5.88 Å². The van der Waals surface area contributed by atoms with Crippen molar-refractivity contribution >= 4 is 27.3 Å². The number of fused-ring (bicyclic) bond motifs is 1. The minimum absolute atomic E-state index is 0.103. The van der Waals surface area contributed by atoms with Crippen molar-refractivity contribution in [3.8, 4) is 5.88 Å². The monoisotopic (exact) mass is 367 g/mol. The van der Waals surface area contributed by atoms with E-state index >= 15 is 0 Å². The quantitative estimate of drug-likeness (QED) is 0.662. The standard InChI is InChI=1S/C14H14ClN5O3S/c1-10-17-18-13-6-7-14(19-20(10)13)23-9-8-16-24(21,22)12-4-2-11(15)3-5-12/h2-7,16H,8-9H2,1H3. The number of sulfonamides is 1. The summed E-state index contributed by atoms with van der Waals surface area (Å²) in [7, 11) is -3.60. The van der Waals surface area contributed by atoms with Crippen LogP contribution in [0.4, 0.5) is 0 Å². The molecule has 0 bridgehead atoms. The number of hydrogen-bond donors (Lipinski definition) is 1. The van der Waals surface area contributed by atoms with Gasteiger partial charge in [-0.3, -0.25) is 0 Å². The van der Waals surface area contributed by atoms with E-state index in [4.69, 9.17) is 16.3 Å². The fourth-order valence-electron chi connectivity index (χ4n) is 1.99. The molecule has 24 heavy (non-hydrogen) atoms. The number of nitrogens with one attached hydrogen (secondary N) is 1. The van der Waals surface area contributed by atoms with Gasteiger partial charge in [-0.1, -0.05) is 11.6 Å². The maximum Gasteiger partial charge on any atom is 0.240 e. The number of benzene rings is 1. The molecule has 1 aromatic carbocycles. The molecule has 2 aromatic heterocycles. The molecular weight excluding hydrogens is 354 g/mol. The fourth-order valence-corrected chi connectivity index (χ4v) is 3.12. The molecule has 1 N–H and O–H groups in total. The first-order valence-corrected chi connectivity index (χ1v) is 8.89. The van der Waals surface area contributed by atoms with Crippen LogP contribution in [0.3, 0.4) is 0 Å². The third kappa shape index (κ3) is 3.64. The maximum absolute atomic E-state index is 12.1. The van der Waals surface area contributed by atoms with Crippen LogP contribution < -0.4 is 9.46 Å². The van der Waals surface area contributed by atoms with Crippen LogP contribution in [0.1, 0.15) is 5.82 Å². The lowest BCUT2D eigenvalue weighted by Crippen LogP contribution is -2.28. The van der Waals surface area contributed by atoms with Crippen LogP contribution in [0.25, 0.3) is 5.65 Å². The molecule has 3 rings (SSSR count). The summed E-state index contributed by atoms with van der Waals surface area (Å²) in [6.45, 7) is 2.01. The summed E-state index contributed by atoms with van der Waals surface area (Å²) in [6.07, 6.45) is 0. The Hall–Kier alpha value is -2.23. The number of nitrogens with zero attached hydrogens (tertiary/aromatic N) is 4. The van der Waals surface area contributed by atoms with E-state index in [2.05, 4.69) is 20.0 Å². The molecule has 3 aromatic rings. The van der Waals surface area contributed by atoms with Crippen molar-refractivity contribution in [1.29, 1.82) is 0 Å². The highest BCUT2D eigenvalue weighted by molar-refractivity contribution is 7.89. The van der Waals surface area contributed by atoms with Gasteiger partial charge in [0, 0.05) is 17.6 Å². The van der Waals surface area contributed by atoms with Crippen molar-refractivity contribution in [2.45, 2.75) is 11.8 Å². The summed E-state index contributed by atoms with van der Waals surface area (Å²) in [6, 6.07) is 9.30. The lowest BCUT2D eigenvalue weighted by atomic mass is 10.4. The molecule has 0 atom stereocenters. The fraction of sp³-hybridized carbons (Fsp3) is 0.214. The Kier molecular flexibility index (Phi) is 4.65. The molecule has 0 aliphatic rings. The van der Waals surface area contributed by atoms with Gasteiger partial charge in [0.2, 0.25) is 15.9 Å². The first-order valence-electron chi connectivity index (χ1n) is 7.03. The Balaban J connectivity index is 1.57. The van der Waals surface area contributed by atoms with E-state index in [1.165, 1.54) is 24.3 Å². The Morgan fingerprint density at radius 3 is 2.67 bits per heavy atom. The normalized spacial score (nSPS) is 11.8. The van der Waals surface area contributed by atoms with Gasteiger partial charge in [0.1, 0.15) is 6.61 Å². The second-order valence-corrected chi connectivity index (χ2v) is 7.09. The van der Waals surface area contributed by atoms with Gasteiger partial charge in [-0.25, -0.2) is 13.1 Å². The summed E-state index contributed by atoms with van der Waals surface area (Å²) in [5, 5.41) is 12.5. The highest BCUT2D eigenvalue weighted by atomic mass is 35.5. The Morgan fingerprint density at radius 2 is 1.92 bits per heavy atom. The van der Waals surface area contributed by atoms with E-state index in [-0.39, 0.29) is 18.0 Å². The van der Waals surface area contributed by atoms with Crippen molar-refractivity contribution in [1.82, 2.24) is 24.5 Å². The van der Waals surface area contributed by atoms with Crippen molar-refractivity contribution in [3.05, 3.63) is 47.2 Å². The summed E-state index contributed by atoms with van der Waals surface area (Å²) >= 11 is 5.75. The zero-order valence-corrected chi connectivity index (χ0v) is 14.3. The summed E-state index contributed by atoms with van der Waals surface area (Å²) in [4.78, 5) is 0.145. The van der Waals surface area contributed by atoms with Crippen molar-refractivity contribution in [3.63, 3.8) is 0 Å². The Morgan fingerprint density at radius 1 is 1.17 bits per heavy atom. The number of hydrogen-bond acceptors (Lipinski definition) is 6. The lowest BCUT2D eigenvalue weighted by Gasteiger charge is -2.08. The Bertz CT molecular complexity index is 956. The average molecular weight is 368 g/mol. The van der Waals surface area contributed by atoms with Crippen molar-refractivity contribution in [2.75, 3.05) is 13.2 Å². The molecule has 0 aliphatic carbocycles. The summed E-state index contributed by atoms with van der Waals surface area (Å²) in [5.74, 6) is 0.995. The molecule has 0 saturated heterocycles. The van der Waals surface area contributed by atoms with Gasteiger partial charge >= 0.3 is 0 Å². The number of aromatic nitrogens is 4. The number of ether oxygens (including phenoxy) is 1. The van der Waals surface area contributed by atoms with Gasteiger partial charge in [0.25, 0.3) is 0 Å². The number of rotatable bonds is 6. The average Bonchev–Trinajstić information content (AvgIpc) is 2.93. The molecular formula is C14H14ClN5O3S. The predicted molar refractivity (Wildman–Crippen MR) is 87.7 cm³/mol. The van der Waals surface area contributed by atoms with E-state index in [9.17, 15) is 8.42 Å². The van der Waals surface area contributed by atoms with Crippen LogP contribution in [0.15, 0.2) is 41.3 Å². The summed E-state index contributed by atoms with van der Waals surface area (Å²) in [5.41, 5.74) is 0.614. The van der Waals surface area contributed by atoms with E-state index in [0.717, 1.165) is 0 Å². The second kappa shape index (κ2) is 6.71. The molecule has 0 fully saturated rings. The van der Waals surface area contributed by atoms with E-state index in [0.29, 0.717) is 22.4 Å². The highest BCUT2D eigenvalue weighted by Gasteiger charge is 2.13. The first kappa shape index (κ1) is 16.6. The minimum atomic E-state index is -3.60. The van der Waals surface area contributed by atoms with E-state index in [1.807, 2.05) is 0 Å². The molecule has 0 aliphatic heterocycles. The lowest BCUT2D eigenvalue weighted by molar-refractivity contribution is 0.305. The molecule has 0 unspecified atom stereocenters. The van der Waals surface area contributed by atoms with Crippen LogP contribution >= 0.6 is 11.6 Å². The molecule has 126 valence electrons. The third-order valence-electron chi connectivity index (χ3n) is 3.16. The third-order valence-corrected chi connectivity index (χ3v) is 4.89. The topological polar surface area (TPSA) is 98.5 Å². The minimum Gasteiger partial charge on any atom is -0.475 e. The molecule has 0 saturated carbocycles. The molecule has 10 heteroatoms. The first-order chi connectivity index (χ1) is 11.5. The van der Waals surface area contributed by atoms with Gasteiger partial charge in [0.05, 0.1) is 4.90 Å². The Labute approximate surface area is 143 Å². The number of aryl methyl sites for hydroxylation is 1. The molecule has 2 heterocycles. The summed E-state index contributed by atoms with van der Waals surface area (Å²) < 4.78 is 33.6. The van der Waals surface area contributed by atoms with Crippen LogP contribution in [0.2, 0.25) is 5.02 Å². The molecule has 0 amide bonds. The van der Waals surface area contributed by atoms with Crippen LogP contribution in [0, 0.1) is 6.92 Å². The second-order valence-electron chi connectivity index (χ2n) is 4.89. The van der Waals surface area contributed by atoms with E-state index in [1.54, 1.807) is 23.6 Å². The van der Waals surface area contributed by atoms with Gasteiger partial charge in [-0.2, -0.15) is 4.52 Å². The van der Waals surface area contributed by atoms with Gasteiger partial charge in [-0.05, 0) is 37.3 Å². The van der Waals surface area contributed by atoms with Gasteiger partial charge in [0.15, 0.2) is 11.5 Å². The van der Waals surface area contributed by atoms with Gasteiger partial charge in [-0.15, -0.1) is 15.3 Å². The maximum atomic E-state index is 12.1. The SMILES string of the molecule is Cc1nnc2ccc(OCCNS(=O)(=O)c3ccc(Cl)cc3)nn12. The smallest absolute Gasteiger partial charge is 0.240 e. The molecule has 8 nitrogen and oxygen atoms in total. The zero-order valence-electron chi connectivity index (χ0n) is 12.7. The number of halogens is 1.